The van der Waals surface area contributed by atoms with Crippen molar-refractivity contribution < 1.29 is 28.6 Å². The van der Waals surface area contributed by atoms with Gasteiger partial charge in [0.2, 0.25) is 0 Å². The van der Waals surface area contributed by atoms with Gasteiger partial charge >= 0.3 is 17.9 Å². The highest BCUT2D eigenvalue weighted by Crippen LogP contribution is 2.15. The number of allylic oxidation sites excluding steroid dienone is 16. The van der Waals surface area contributed by atoms with E-state index in [4.69, 9.17) is 14.2 Å². The van der Waals surface area contributed by atoms with Crippen LogP contribution in [0.3, 0.4) is 0 Å². The molecule has 71 heavy (non-hydrogen) atoms. The molecule has 0 aliphatic heterocycles. The summed E-state index contributed by atoms with van der Waals surface area (Å²) in [6.07, 6.45) is 78.2. The topological polar surface area (TPSA) is 78.9 Å². The zero-order chi connectivity index (χ0) is 51.4. The molecule has 0 fully saturated rings. The molecule has 1 unspecified atom stereocenters. The number of rotatable bonds is 53. The second-order valence-electron chi connectivity index (χ2n) is 19.5. The fourth-order valence-electron chi connectivity index (χ4n) is 8.08. The van der Waals surface area contributed by atoms with Crippen LogP contribution in [0.25, 0.3) is 0 Å². The third kappa shape index (κ3) is 57.1. The van der Waals surface area contributed by atoms with Crippen molar-refractivity contribution in [2.45, 2.75) is 284 Å². The Labute approximate surface area is 438 Å². The molecular weight excluding hydrogens is 877 g/mol. The summed E-state index contributed by atoms with van der Waals surface area (Å²) in [5.74, 6) is -0.911. The van der Waals surface area contributed by atoms with E-state index < -0.39 is 6.10 Å². The highest BCUT2D eigenvalue weighted by molar-refractivity contribution is 5.71. The molecule has 1 atom stereocenters. The maximum atomic E-state index is 12.9. The number of hydrogen-bond donors (Lipinski definition) is 0. The first kappa shape index (κ1) is 67.3. The zero-order valence-corrected chi connectivity index (χ0v) is 46.5. The monoisotopic (exact) mass is 987 g/mol. The summed E-state index contributed by atoms with van der Waals surface area (Å²) in [6, 6.07) is 0. The summed E-state index contributed by atoms with van der Waals surface area (Å²) in [5.41, 5.74) is 0. The van der Waals surface area contributed by atoms with Gasteiger partial charge in [-0.25, -0.2) is 0 Å². The molecule has 0 bridgehead atoms. The molecule has 0 N–H and O–H groups in total. The van der Waals surface area contributed by atoms with Gasteiger partial charge in [-0.05, 0) is 122 Å². The number of ether oxygens (including phenoxy) is 3. The van der Waals surface area contributed by atoms with Crippen molar-refractivity contribution in [2.75, 3.05) is 13.2 Å². The number of hydrogen-bond acceptors (Lipinski definition) is 6. The third-order valence-corrected chi connectivity index (χ3v) is 12.5. The van der Waals surface area contributed by atoms with Crippen LogP contribution in [-0.2, 0) is 28.6 Å². The average molecular weight is 988 g/mol. The third-order valence-electron chi connectivity index (χ3n) is 12.5. The minimum absolute atomic E-state index is 0.0886. The number of carbonyl (C=O) groups excluding carboxylic acids is 3. The van der Waals surface area contributed by atoms with Gasteiger partial charge in [0.1, 0.15) is 13.2 Å². The number of esters is 3. The highest BCUT2D eigenvalue weighted by Gasteiger charge is 2.19. The molecule has 6 heteroatoms. The van der Waals surface area contributed by atoms with E-state index in [2.05, 4.69) is 118 Å². The minimum atomic E-state index is -0.791. The average Bonchev–Trinajstić information content (AvgIpc) is 3.37. The highest BCUT2D eigenvalue weighted by atomic mass is 16.6. The molecule has 0 saturated carbocycles. The van der Waals surface area contributed by atoms with E-state index in [-0.39, 0.29) is 31.1 Å². The van der Waals surface area contributed by atoms with Gasteiger partial charge in [-0.1, -0.05) is 234 Å². The van der Waals surface area contributed by atoms with Gasteiger partial charge < -0.3 is 14.2 Å². The lowest BCUT2D eigenvalue weighted by Crippen LogP contribution is -2.30. The Hall–Kier alpha value is -3.67. The molecule has 0 aliphatic carbocycles. The first-order valence-electron chi connectivity index (χ1n) is 29.7. The van der Waals surface area contributed by atoms with E-state index in [1.807, 2.05) is 0 Å². The number of carbonyl (C=O) groups is 3. The van der Waals surface area contributed by atoms with Crippen molar-refractivity contribution in [3.05, 3.63) is 97.2 Å². The van der Waals surface area contributed by atoms with Crippen LogP contribution in [0.15, 0.2) is 97.2 Å². The van der Waals surface area contributed by atoms with Crippen molar-refractivity contribution in [2.24, 2.45) is 0 Å². The van der Waals surface area contributed by atoms with Crippen LogP contribution < -0.4 is 0 Å². The Balaban J connectivity index is 4.39. The molecule has 0 spiro atoms. The summed E-state index contributed by atoms with van der Waals surface area (Å²) in [5, 5.41) is 0. The molecular formula is C65H110O6. The lowest BCUT2D eigenvalue weighted by molar-refractivity contribution is -0.167. The van der Waals surface area contributed by atoms with Crippen LogP contribution in [-0.4, -0.2) is 37.2 Å². The molecule has 0 aliphatic rings. The predicted octanol–water partition coefficient (Wildman–Crippen LogP) is 20.1. The lowest BCUT2D eigenvalue weighted by Gasteiger charge is -2.18. The molecule has 0 rings (SSSR count). The normalized spacial score (nSPS) is 12.8. The van der Waals surface area contributed by atoms with Crippen LogP contribution in [0.5, 0.6) is 0 Å². The van der Waals surface area contributed by atoms with Gasteiger partial charge in [-0.2, -0.15) is 0 Å². The second kappa shape index (κ2) is 58.9. The molecule has 406 valence electrons. The molecule has 0 heterocycles. The minimum Gasteiger partial charge on any atom is -0.462 e. The van der Waals surface area contributed by atoms with Gasteiger partial charge in [0.15, 0.2) is 6.10 Å². The van der Waals surface area contributed by atoms with Crippen molar-refractivity contribution in [3.63, 3.8) is 0 Å². The molecule has 0 aromatic rings. The van der Waals surface area contributed by atoms with Crippen LogP contribution in [0.2, 0.25) is 0 Å². The fraction of sp³-hybridized carbons (Fsp3) is 0.708. The SMILES string of the molecule is CC/C=C\C/C=C\C/C=C\C/C=C\C/C=C\CCCCCCCCCC(=O)OCC(COC(=O)CCCCCCC/C=C\CCCCCC)OC(=O)CCCCCCCCC/C=C\C/C=C\CCCCC. The van der Waals surface area contributed by atoms with Gasteiger partial charge in [0.25, 0.3) is 0 Å². The lowest BCUT2D eigenvalue weighted by atomic mass is 10.1. The van der Waals surface area contributed by atoms with E-state index >= 15 is 0 Å². The Bertz CT molecular complexity index is 1410. The molecule has 0 saturated heterocycles. The quantitative estimate of drug-likeness (QED) is 0.0261. The fourth-order valence-corrected chi connectivity index (χ4v) is 8.08. The first-order valence-corrected chi connectivity index (χ1v) is 29.7. The standard InChI is InChI=1S/C65H110O6/c1-4-7-10-13-16-19-22-25-27-29-30-31-32-33-34-36-37-40-43-46-49-52-55-58-64(67)70-61-62(60-69-63(66)57-54-51-48-45-42-39-24-21-18-15-12-9-6-3)71-65(68)59-56-53-50-47-44-41-38-35-28-26-23-20-17-14-11-8-5-2/h7,10,16-17,19-21,24-28,30-31,33-34,62H,4-6,8-9,11-15,18,22-23,29,32,35-61H2,1-3H3/b10-7-,19-16-,20-17-,24-21-,27-25-,28-26-,31-30-,34-33-. The van der Waals surface area contributed by atoms with Crippen molar-refractivity contribution in [1.82, 2.24) is 0 Å². The van der Waals surface area contributed by atoms with Crippen LogP contribution >= 0.6 is 0 Å². The van der Waals surface area contributed by atoms with Gasteiger partial charge in [0, 0.05) is 19.3 Å². The van der Waals surface area contributed by atoms with Crippen LogP contribution in [0.1, 0.15) is 278 Å². The zero-order valence-electron chi connectivity index (χ0n) is 46.5. The maximum absolute atomic E-state index is 12.9. The van der Waals surface area contributed by atoms with E-state index in [0.29, 0.717) is 19.3 Å². The van der Waals surface area contributed by atoms with E-state index in [1.54, 1.807) is 0 Å². The van der Waals surface area contributed by atoms with Crippen LogP contribution in [0, 0.1) is 0 Å². The molecule has 0 amide bonds. The van der Waals surface area contributed by atoms with Crippen molar-refractivity contribution in [1.29, 1.82) is 0 Å². The Morgan fingerprint density at radius 1 is 0.296 bits per heavy atom. The molecule has 0 aromatic carbocycles. The van der Waals surface area contributed by atoms with Gasteiger partial charge in [-0.3, -0.25) is 14.4 Å². The van der Waals surface area contributed by atoms with Crippen molar-refractivity contribution in [3.8, 4) is 0 Å². The molecule has 0 aromatic heterocycles. The maximum Gasteiger partial charge on any atom is 0.306 e. The summed E-state index contributed by atoms with van der Waals surface area (Å²) >= 11 is 0. The van der Waals surface area contributed by atoms with E-state index in [1.165, 1.54) is 122 Å². The van der Waals surface area contributed by atoms with Gasteiger partial charge in [-0.15, -0.1) is 0 Å². The summed E-state index contributed by atoms with van der Waals surface area (Å²) in [7, 11) is 0. The Kier molecular flexibility index (Phi) is 55.9. The van der Waals surface area contributed by atoms with E-state index in [9.17, 15) is 14.4 Å². The second-order valence-corrected chi connectivity index (χ2v) is 19.5. The Morgan fingerprint density at radius 2 is 0.549 bits per heavy atom. The summed E-state index contributed by atoms with van der Waals surface area (Å²) in [6.45, 7) is 6.47. The Morgan fingerprint density at radius 3 is 0.901 bits per heavy atom. The van der Waals surface area contributed by atoms with Crippen molar-refractivity contribution >= 4 is 17.9 Å². The summed E-state index contributed by atoms with van der Waals surface area (Å²) < 4.78 is 16.9. The molecule has 0 radical (unpaired) electrons. The molecule has 6 nitrogen and oxygen atoms in total. The predicted molar refractivity (Wildman–Crippen MR) is 307 cm³/mol. The van der Waals surface area contributed by atoms with E-state index in [0.717, 1.165) is 116 Å². The largest absolute Gasteiger partial charge is 0.462 e. The summed E-state index contributed by atoms with van der Waals surface area (Å²) in [4.78, 5) is 38.2. The first-order chi connectivity index (χ1) is 35.0. The van der Waals surface area contributed by atoms with Gasteiger partial charge in [0.05, 0.1) is 0 Å². The van der Waals surface area contributed by atoms with Crippen LogP contribution in [0.4, 0.5) is 0 Å². The smallest absolute Gasteiger partial charge is 0.306 e. The number of unbranched alkanes of at least 4 members (excludes halogenated alkanes) is 26.